The van der Waals surface area contributed by atoms with Crippen LogP contribution in [0.1, 0.15) is 17.2 Å². The lowest BCUT2D eigenvalue weighted by atomic mass is 9.99. The molecular formula is C14H14N4O. The SMILES string of the molecule is NNC(c1cccnc1N)c1coc2ccccc12. The van der Waals surface area contributed by atoms with Gasteiger partial charge in [0, 0.05) is 22.7 Å². The van der Waals surface area contributed by atoms with Gasteiger partial charge in [-0.15, -0.1) is 0 Å². The van der Waals surface area contributed by atoms with E-state index in [0.29, 0.717) is 5.82 Å². The summed E-state index contributed by atoms with van der Waals surface area (Å²) in [6, 6.07) is 11.3. The lowest BCUT2D eigenvalue weighted by Crippen LogP contribution is -2.29. The maximum atomic E-state index is 5.91. The number of rotatable bonds is 3. The minimum Gasteiger partial charge on any atom is -0.464 e. The highest BCUT2D eigenvalue weighted by Crippen LogP contribution is 2.31. The highest BCUT2D eigenvalue weighted by Gasteiger charge is 2.20. The molecule has 0 spiro atoms. The maximum absolute atomic E-state index is 5.91. The van der Waals surface area contributed by atoms with Gasteiger partial charge in [0.1, 0.15) is 11.4 Å². The molecule has 3 rings (SSSR count). The highest BCUT2D eigenvalue weighted by atomic mass is 16.3. The summed E-state index contributed by atoms with van der Waals surface area (Å²) in [5.41, 5.74) is 11.3. The van der Waals surface area contributed by atoms with Crippen LogP contribution in [0.5, 0.6) is 0 Å². The van der Waals surface area contributed by atoms with Gasteiger partial charge in [0.25, 0.3) is 0 Å². The van der Waals surface area contributed by atoms with E-state index in [1.807, 2.05) is 36.4 Å². The van der Waals surface area contributed by atoms with Gasteiger partial charge in [-0.05, 0) is 12.1 Å². The Bertz CT molecular complexity index is 707. The molecule has 0 saturated carbocycles. The van der Waals surface area contributed by atoms with E-state index in [1.165, 1.54) is 0 Å². The molecule has 1 unspecified atom stereocenters. The maximum Gasteiger partial charge on any atom is 0.134 e. The number of fused-ring (bicyclic) bond motifs is 1. The highest BCUT2D eigenvalue weighted by molar-refractivity contribution is 5.82. The third-order valence-corrected chi connectivity index (χ3v) is 3.17. The van der Waals surface area contributed by atoms with Crippen LogP contribution in [0.15, 0.2) is 53.3 Å². The molecule has 5 N–H and O–H groups in total. The number of nitrogens with two attached hydrogens (primary N) is 2. The van der Waals surface area contributed by atoms with Crippen molar-refractivity contribution in [3.63, 3.8) is 0 Å². The van der Waals surface area contributed by atoms with E-state index in [-0.39, 0.29) is 6.04 Å². The molecule has 0 bridgehead atoms. The standard InChI is InChI=1S/C14H14N4O/c15-14-10(5-3-7-17-14)13(18-16)11-8-19-12-6-2-1-4-9(11)12/h1-8,13,18H,16H2,(H2,15,17). The van der Waals surface area contributed by atoms with Gasteiger partial charge in [-0.1, -0.05) is 24.3 Å². The minimum atomic E-state index is -0.252. The normalized spacial score (nSPS) is 12.7. The van der Waals surface area contributed by atoms with Gasteiger partial charge < -0.3 is 10.2 Å². The van der Waals surface area contributed by atoms with Crippen LogP contribution in [0, 0.1) is 0 Å². The summed E-state index contributed by atoms with van der Waals surface area (Å²) in [4.78, 5) is 4.09. The van der Waals surface area contributed by atoms with Crippen LogP contribution in [-0.2, 0) is 0 Å². The first-order valence-corrected chi connectivity index (χ1v) is 5.94. The molecule has 0 aliphatic carbocycles. The van der Waals surface area contributed by atoms with Crippen molar-refractivity contribution < 1.29 is 4.42 Å². The van der Waals surface area contributed by atoms with Gasteiger partial charge >= 0.3 is 0 Å². The van der Waals surface area contributed by atoms with Crippen LogP contribution in [0.2, 0.25) is 0 Å². The molecule has 0 saturated heterocycles. The van der Waals surface area contributed by atoms with Gasteiger partial charge in [-0.2, -0.15) is 0 Å². The summed E-state index contributed by atoms with van der Waals surface area (Å²) in [5.74, 6) is 6.14. The Morgan fingerprint density at radius 1 is 1.11 bits per heavy atom. The van der Waals surface area contributed by atoms with Crippen molar-refractivity contribution in [2.45, 2.75) is 6.04 Å². The Kier molecular flexibility index (Phi) is 2.91. The number of nitrogens with zero attached hydrogens (tertiary/aromatic N) is 1. The zero-order chi connectivity index (χ0) is 13.2. The number of aromatic nitrogens is 1. The van der Waals surface area contributed by atoms with E-state index in [1.54, 1.807) is 12.5 Å². The van der Waals surface area contributed by atoms with Crippen LogP contribution >= 0.6 is 0 Å². The fourth-order valence-electron chi connectivity index (χ4n) is 2.24. The number of hydrogen-bond donors (Lipinski definition) is 3. The van der Waals surface area contributed by atoms with Crippen molar-refractivity contribution in [1.82, 2.24) is 10.4 Å². The molecule has 0 aliphatic rings. The summed E-state index contributed by atoms with van der Waals surface area (Å²) in [6.45, 7) is 0. The third kappa shape index (κ3) is 1.95. The van der Waals surface area contributed by atoms with Crippen molar-refractivity contribution in [3.8, 4) is 0 Å². The molecule has 0 amide bonds. The molecule has 0 radical (unpaired) electrons. The number of pyridine rings is 1. The van der Waals surface area contributed by atoms with Crippen molar-refractivity contribution in [2.24, 2.45) is 5.84 Å². The number of hydrogen-bond acceptors (Lipinski definition) is 5. The van der Waals surface area contributed by atoms with Crippen molar-refractivity contribution in [1.29, 1.82) is 0 Å². The summed E-state index contributed by atoms with van der Waals surface area (Å²) >= 11 is 0. The Balaban J connectivity index is 2.15. The number of hydrazine groups is 1. The molecule has 2 heterocycles. The Morgan fingerprint density at radius 3 is 2.74 bits per heavy atom. The molecule has 0 fully saturated rings. The number of benzene rings is 1. The fourth-order valence-corrected chi connectivity index (χ4v) is 2.24. The second kappa shape index (κ2) is 4.72. The van der Waals surface area contributed by atoms with Gasteiger partial charge in [0.15, 0.2) is 0 Å². The zero-order valence-corrected chi connectivity index (χ0v) is 10.2. The summed E-state index contributed by atoms with van der Waals surface area (Å²) < 4.78 is 5.54. The van der Waals surface area contributed by atoms with E-state index >= 15 is 0 Å². The molecule has 5 nitrogen and oxygen atoms in total. The molecular weight excluding hydrogens is 240 g/mol. The summed E-state index contributed by atoms with van der Waals surface area (Å²) in [6.07, 6.45) is 3.35. The predicted octanol–water partition coefficient (Wildman–Crippen LogP) is 1.96. The van der Waals surface area contributed by atoms with E-state index in [0.717, 1.165) is 22.1 Å². The van der Waals surface area contributed by atoms with Crippen LogP contribution in [-0.4, -0.2) is 4.98 Å². The number of anilines is 1. The van der Waals surface area contributed by atoms with Gasteiger partial charge in [0.05, 0.1) is 12.3 Å². The minimum absolute atomic E-state index is 0.252. The van der Waals surface area contributed by atoms with Crippen LogP contribution in [0.4, 0.5) is 5.82 Å². The quantitative estimate of drug-likeness (QED) is 0.491. The summed E-state index contributed by atoms with van der Waals surface area (Å²) in [5, 5.41) is 1.01. The number of nitrogens with one attached hydrogen (secondary N) is 1. The van der Waals surface area contributed by atoms with Crippen molar-refractivity contribution in [2.75, 3.05) is 5.73 Å². The van der Waals surface area contributed by atoms with Crippen LogP contribution in [0.25, 0.3) is 11.0 Å². The van der Waals surface area contributed by atoms with Crippen LogP contribution in [0.3, 0.4) is 0 Å². The summed E-state index contributed by atoms with van der Waals surface area (Å²) in [7, 11) is 0. The monoisotopic (exact) mass is 254 g/mol. The second-order valence-electron chi connectivity index (χ2n) is 4.26. The van der Waals surface area contributed by atoms with Crippen LogP contribution < -0.4 is 17.0 Å². The lowest BCUT2D eigenvalue weighted by molar-refractivity contribution is 0.586. The first kappa shape index (κ1) is 11.7. The molecule has 0 aliphatic heterocycles. The molecule has 1 atom stereocenters. The van der Waals surface area contributed by atoms with Crippen molar-refractivity contribution >= 4 is 16.8 Å². The zero-order valence-electron chi connectivity index (χ0n) is 10.2. The largest absolute Gasteiger partial charge is 0.464 e. The Labute approximate surface area is 110 Å². The molecule has 2 aromatic heterocycles. The number of para-hydroxylation sites is 1. The van der Waals surface area contributed by atoms with E-state index in [4.69, 9.17) is 16.0 Å². The van der Waals surface area contributed by atoms with E-state index < -0.39 is 0 Å². The smallest absolute Gasteiger partial charge is 0.134 e. The number of nitrogen functional groups attached to an aromatic ring is 1. The predicted molar refractivity (Wildman–Crippen MR) is 74.0 cm³/mol. The first-order chi connectivity index (χ1) is 9.31. The van der Waals surface area contributed by atoms with E-state index in [9.17, 15) is 0 Å². The second-order valence-corrected chi connectivity index (χ2v) is 4.26. The first-order valence-electron chi connectivity index (χ1n) is 5.94. The van der Waals surface area contributed by atoms with Crippen molar-refractivity contribution in [3.05, 3.63) is 60.0 Å². The third-order valence-electron chi connectivity index (χ3n) is 3.17. The molecule has 3 aromatic rings. The lowest BCUT2D eigenvalue weighted by Gasteiger charge is -2.16. The molecule has 96 valence electrons. The Hall–Kier alpha value is -2.37. The Morgan fingerprint density at radius 2 is 1.95 bits per heavy atom. The average molecular weight is 254 g/mol. The molecule has 19 heavy (non-hydrogen) atoms. The van der Waals surface area contributed by atoms with Gasteiger partial charge in [-0.25, -0.2) is 10.4 Å². The van der Waals surface area contributed by atoms with E-state index in [2.05, 4.69) is 10.4 Å². The molecule has 1 aromatic carbocycles. The number of furan rings is 1. The fraction of sp³-hybridized carbons (Fsp3) is 0.0714. The van der Waals surface area contributed by atoms with Gasteiger partial charge in [-0.3, -0.25) is 5.84 Å². The topological polar surface area (TPSA) is 90.1 Å². The average Bonchev–Trinajstić information content (AvgIpc) is 2.86. The molecule has 5 heteroatoms. The van der Waals surface area contributed by atoms with Gasteiger partial charge in [0.2, 0.25) is 0 Å².